The highest BCUT2D eigenvalue weighted by atomic mass is 35.5. The first kappa shape index (κ1) is 16.9. The zero-order valence-corrected chi connectivity index (χ0v) is 12.9. The zero-order chi connectivity index (χ0) is 15.3. The average molecular weight is 320 g/mol. The Morgan fingerprint density at radius 1 is 1.30 bits per heavy atom. The molecule has 0 amide bonds. The van der Waals surface area contributed by atoms with E-state index in [-0.39, 0.29) is 17.4 Å². The Kier molecular flexibility index (Phi) is 5.98. The zero-order valence-electron chi connectivity index (χ0n) is 11.3. The fourth-order valence-corrected chi connectivity index (χ4v) is 2.96. The van der Waals surface area contributed by atoms with E-state index in [4.69, 9.17) is 16.7 Å². The standard InChI is InChI=1S/C13H18ClNO4S/c1-9(2)7-10(13(16)17)8-15-20(18,19)12-5-3-11(14)4-6-12/h3-6,9-10,15H,7-8H2,1-2H3,(H,16,17). The van der Waals surface area contributed by atoms with E-state index in [0.717, 1.165) is 0 Å². The van der Waals surface area contributed by atoms with E-state index in [1.54, 1.807) is 0 Å². The van der Waals surface area contributed by atoms with Crippen LogP contribution in [-0.2, 0) is 14.8 Å². The number of nitrogens with one attached hydrogen (secondary N) is 1. The summed E-state index contributed by atoms with van der Waals surface area (Å²) in [4.78, 5) is 11.1. The fraction of sp³-hybridized carbons (Fsp3) is 0.462. The predicted molar refractivity (Wildman–Crippen MR) is 77.2 cm³/mol. The van der Waals surface area contributed by atoms with E-state index in [9.17, 15) is 13.2 Å². The predicted octanol–water partition coefficient (Wildman–Crippen LogP) is 2.37. The number of rotatable bonds is 7. The van der Waals surface area contributed by atoms with E-state index in [1.807, 2.05) is 13.8 Å². The molecule has 2 N–H and O–H groups in total. The molecule has 1 atom stereocenters. The van der Waals surface area contributed by atoms with Gasteiger partial charge in [0.2, 0.25) is 10.0 Å². The Morgan fingerprint density at radius 3 is 2.30 bits per heavy atom. The molecule has 7 heteroatoms. The lowest BCUT2D eigenvalue weighted by Gasteiger charge is -2.15. The van der Waals surface area contributed by atoms with Gasteiger partial charge in [-0.15, -0.1) is 0 Å². The number of halogens is 1. The number of carbonyl (C=O) groups is 1. The lowest BCUT2D eigenvalue weighted by Crippen LogP contribution is -2.33. The van der Waals surface area contributed by atoms with Crippen LogP contribution in [-0.4, -0.2) is 26.0 Å². The summed E-state index contributed by atoms with van der Waals surface area (Å²) < 4.78 is 26.3. The molecule has 0 saturated heterocycles. The first-order chi connectivity index (χ1) is 9.22. The number of aliphatic carboxylic acids is 1. The van der Waals surface area contributed by atoms with Crippen molar-refractivity contribution in [2.75, 3.05) is 6.54 Å². The highest BCUT2D eigenvalue weighted by molar-refractivity contribution is 7.89. The quantitative estimate of drug-likeness (QED) is 0.808. The molecular formula is C13H18ClNO4S. The first-order valence-corrected chi connectivity index (χ1v) is 8.06. The second kappa shape index (κ2) is 7.06. The van der Waals surface area contributed by atoms with E-state index >= 15 is 0 Å². The van der Waals surface area contributed by atoms with Crippen molar-refractivity contribution in [3.05, 3.63) is 29.3 Å². The summed E-state index contributed by atoms with van der Waals surface area (Å²) in [6.07, 6.45) is 0.415. The normalized spacial score (nSPS) is 13.4. The number of benzene rings is 1. The van der Waals surface area contributed by atoms with Crippen LogP contribution in [0.2, 0.25) is 5.02 Å². The Bertz CT molecular complexity index is 554. The van der Waals surface area contributed by atoms with Gasteiger partial charge in [-0.3, -0.25) is 4.79 Å². The first-order valence-electron chi connectivity index (χ1n) is 6.20. The van der Waals surface area contributed by atoms with Crippen LogP contribution in [0.3, 0.4) is 0 Å². The minimum Gasteiger partial charge on any atom is -0.481 e. The van der Waals surface area contributed by atoms with Gasteiger partial charge < -0.3 is 5.11 Å². The molecule has 0 saturated carbocycles. The third-order valence-corrected chi connectivity index (χ3v) is 4.44. The van der Waals surface area contributed by atoms with Crippen molar-refractivity contribution in [3.8, 4) is 0 Å². The molecule has 5 nitrogen and oxygen atoms in total. The molecule has 0 aliphatic carbocycles. The number of sulfonamides is 1. The van der Waals surface area contributed by atoms with Gasteiger partial charge in [-0.2, -0.15) is 0 Å². The molecule has 1 rings (SSSR count). The van der Waals surface area contributed by atoms with Gasteiger partial charge in [-0.05, 0) is 36.6 Å². The third kappa shape index (κ3) is 5.11. The molecule has 0 spiro atoms. The summed E-state index contributed by atoms with van der Waals surface area (Å²) in [5.74, 6) is -1.56. The molecule has 0 aromatic heterocycles. The van der Waals surface area contributed by atoms with Crippen molar-refractivity contribution in [2.24, 2.45) is 11.8 Å². The molecule has 20 heavy (non-hydrogen) atoms. The molecule has 0 aliphatic heterocycles. The van der Waals surface area contributed by atoms with Crippen LogP contribution in [0.4, 0.5) is 0 Å². The maximum Gasteiger partial charge on any atom is 0.307 e. The largest absolute Gasteiger partial charge is 0.481 e. The molecular weight excluding hydrogens is 302 g/mol. The number of carboxylic acid groups (broad SMARTS) is 1. The van der Waals surface area contributed by atoms with Crippen LogP contribution in [0.15, 0.2) is 29.2 Å². The molecule has 112 valence electrons. The van der Waals surface area contributed by atoms with Crippen molar-refractivity contribution in [2.45, 2.75) is 25.2 Å². The summed E-state index contributed by atoms with van der Waals surface area (Å²) in [5.41, 5.74) is 0. The number of hydrogen-bond acceptors (Lipinski definition) is 3. The number of hydrogen-bond donors (Lipinski definition) is 2. The van der Waals surface area contributed by atoms with Crippen molar-refractivity contribution >= 4 is 27.6 Å². The van der Waals surface area contributed by atoms with Gasteiger partial charge >= 0.3 is 5.97 Å². The maximum atomic E-state index is 12.0. The molecule has 0 bridgehead atoms. The molecule has 0 fully saturated rings. The Labute approximate surface area is 124 Å². The topological polar surface area (TPSA) is 83.5 Å². The second-order valence-electron chi connectivity index (χ2n) is 4.97. The lowest BCUT2D eigenvalue weighted by atomic mass is 9.98. The molecule has 0 radical (unpaired) electrons. The van der Waals surface area contributed by atoms with Crippen LogP contribution in [0.5, 0.6) is 0 Å². The van der Waals surface area contributed by atoms with Gasteiger partial charge in [0.15, 0.2) is 0 Å². The second-order valence-corrected chi connectivity index (χ2v) is 7.17. The highest BCUT2D eigenvalue weighted by Crippen LogP contribution is 2.15. The SMILES string of the molecule is CC(C)CC(CNS(=O)(=O)c1ccc(Cl)cc1)C(=O)O. The smallest absolute Gasteiger partial charge is 0.307 e. The monoisotopic (exact) mass is 319 g/mol. The average Bonchev–Trinajstić information content (AvgIpc) is 2.34. The summed E-state index contributed by atoms with van der Waals surface area (Å²) in [7, 11) is -3.71. The van der Waals surface area contributed by atoms with Gasteiger partial charge in [0.1, 0.15) is 0 Å². The van der Waals surface area contributed by atoms with Gasteiger partial charge in [-0.25, -0.2) is 13.1 Å². The van der Waals surface area contributed by atoms with E-state index in [1.165, 1.54) is 24.3 Å². The third-order valence-electron chi connectivity index (χ3n) is 2.75. The van der Waals surface area contributed by atoms with Crippen LogP contribution < -0.4 is 4.72 Å². The summed E-state index contributed by atoms with van der Waals surface area (Å²) in [5, 5.41) is 9.51. The summed E-state index contributed by atoms with van der Waals surface area (Å²) >= 11 is 5.70. The fourth-order valence-electron chi connectivity index (χ4n) is 1.75. The number of carboxylic acids is 1. The van der Waals surface area contributed by atoms with E-state index in [2.05, 4.69) is 4.72 Å². The molecule has 0 aliphatic rings. The van der Waals surface area contributed by atoms with Crippen LogP contribution in [0, 0.1) is 11.8 Å². The van der Waals surface area contributed by atoms with Crippen molar-refractivity contribution in [1.29, 1.82) is 0 Å². The van der Waals surface area contributed by atoms with Crippen LogP contribution in [0.1, 0.15) is 20.3 Å². The maximum absolute atomic E-state index is 12.0. The van der Waals surface area contributed by atoms with Gasteiger partial charge in [-0.1, -0.05) is 25.4 Å². The molecule has 1 aromatic carbocycles. The van der Waals surface area contributed by atoms with Crippen molar-refractivity contribution < 1.29 is 18.3 Å². The van der Waals surface area contributed by atoms with Crippen molar-refractivity contribution in [1.82, 2.24) is 4.72 Å². The Balaban J connectivity index is 2.75. The van der Waals surface area contributed by atoms with Gasteiger partial charge in [0.05, 0.1) is 10.8 Å². The molecule has 1 unspecified atom stereocenters. The minimum atomic E-state index is -3.71. The van der Waals surface area contributed by atoms with Crippen LogP contribution >= 0.6 is 11.6 Å². The highest BCUT2D eigenvalue weighted by Gasteiger charge is 2.22. The Morgan fingerprint density at radius 2 is 1.85 bits per heavy atom. The summed E-state index contributed by atoms with van der Waals surface area (Å²) in [6, 6.07) is 5.70. The molecule has 0 heterocycles. The van der Waals surface area contributed by atoms with Crippen molar-refractivity contribution in [3.63, 3.8) is 0 Å². The Hall–Kier alpha value is -1.11. The van der Waals surface area contributed by atoms with Gasteiger partial charge in [0, 0.05) is 11.6 Å². The van der Waals surface area contributed by atoms with E-state index in [0.29, 0.717) is 11.4 Å². The van der Waals surface area contributed by atoms with Gasteiger partial charge in [0.25, 0.3) is 0 Å². The molecule has 1 aromatic rings. The minimum absolute atomic E-state index is 0.0654. The van der Waals surface area contributed by atoms with Crippen LogP contribution in [0.25, 0.3) is 0 Å². The lowest BCUT2D eigenvalue weighted by molar-refractivity contribution is -0.142. The van der Waals surface area contributed by atoms with E-state index < -0.39 is 21.9 Å². The summed E-state index contributed by atoms with van der Waals surface area (Å²) in [6.45, 7) is 3.66.